The van der Waals surface area contributed by atoms with Crippen molar-refractivity contribution in [2.75, 3.05) is 14.1 Å². The molecule has 0 bridgehead atoms. The molecule has 1 amide bonds. The van der Waals surface area contributed by atoms with Gasteiger partial charge in [0.1, 0.15) is 11.4 Å². The van der Waals surface area contributed by atoms with Crippen molar-refractivity contribution in [2.45, 2.75) is 6.92 Å². The van der Waals surface area contributed by atoms with E-state index in [9.17, 15) is 14.4 Å². The number of nitrogens with one attached hydrogen (secondary N) is 1. The molecule has 1 aliphatic rings. The maximum atomic E-state index is 12.4. The molecule has 0 aliphatic heterocycles. The van der Waals surface area contributed by atoms with E-state index in [4.69, 9.17) is 0 Å². The summed E-state index contributed by atoms with van der Waals surface area (Å²) in [7, 11) is 3.33. The Morgan fingerprint density at radius 3 is 2.05 bits per heavy atom. The van der Waals surface area contributed by atoms with Crippen molar-refractivity contribution in [1.29, 1.82) is 0 Å². The van der Waals surface area contributed by atoms with Crippen LogP contribution in [0.1, 0.15) is 27.6 Å². The molecule has 0 aromatic heterocycles. The summed E-state index contributed by atoms with van der Waals surface area (Å²) in [5, 5.41) is 2.46. The summed E-state index contributed by atoms with van der Waals surface area (Å²) in [5.74, 6) is -0.979. The van der Waals surface area contributed by atoms with Gasteiger partial charge in [-0.1, -0.05) is 24.3 Å². The van der Waals surface area contributed by atoms with Crippen molar-refractivity contribution in [3.8, 4) is 0 Å². The number of allylic oxidation sites excluding steroid dienone is 2. The highest BCUT2D eigenvalue weighted by Gasteiger charge is 2.33. The zero-order valence-electron chi connectivity index (χ0n) is 11.0. The monoisotopic (exact) mass is 258 g/mol. The molecular formula is C14H14N2O3. The lowest BCUT2D eigenvalue weighted by Crippen LogP contribution is -2.37. The summed E-state index contributed by atoms with van der Waals surface area (Å²) in [6, 6.07) is 6.60. The van der Waals surface area contributed by atoms with Gasteiger partial charge in [0.25, 0.3) is 0 Å². The van der Waals surface area contributed by atoms with E-state index in [1.165, 1.54) is 6.92 Å². The third-order valence-electron chi connectivity index (χ3n) is 2.84. The van der Waals surface area contributed by atoms with Gasteiger partial charge in [0.2, 0.25) is 17.5 Å². The smallest absolute Gasteiger partial charge is 0.221 e. The molecule has 2 rings (SSSR count). The van der Waals surface area contributed by atoms with Gasteiger partial charge in [-0.25, -0.2) is 0 Å². The minimum Gasteiger partial charge on any atom is -0.373 e. The number of hydrogen-bond acceptors (Lipinski definition) is 4. The van der Waals surface area contributed by atoms with E-state index < -0.39 is 0 Å². The zero-order chi connectivity index (χ0) is 14.2. The molecule has 0 radical (unpaired) electrons. The Labute approximate surface area is 110 Å². The Morgan fingerprint density at radius 2 is 1.58 bits per heavy atom. The second-order valence-corrected chi connectivity index (χ2v) is 4.50. The SMILES string of the molecule is CC(=O)NC1=C(N(C)C)C(=O)c2ccccc2C1=O. The third kappa shape index (κ3) is 2.14. The molecule has 5 nitrogen and oxygen atoms in total. The number of likely N-dealkylation sites (N-methyl/N-ethyl adjacent to an activating group) is 1. The number of carbonyl (C=O) groups excluding carboxylic acids is 3. The van der Waals surface area contributed by atoms with Crippen LogP contribution in [0.4, 0.5) is 0 Å². The normalized spacial score (nSPS) is 14.3. The topological polar surface area (TPSA) is 66.5 Å². The average Bonchev–Trinajstić information content (AvgIpc) is 2.35. The highest BCUT2D eigenvalue weighted by atomic mass is 16.2. The van der Waals surface area contributed by atoms with E-state index in [1.54, 1.807) is 43.3 Å². The molecule has 1 aromatic rings. The van der Waals surface area contributed by atoms with Crippen LogP contribution >= 0.6 is 0 Å². The molecule has 1 aromatic carbocycles. The van der Waals surface area contributed by atoms with Crippen LogP contribution in [0.2, 0.25) is 0 Å². The maximum Gasteiger partial charge on any atom is 0.221 e. The number of nitrogens with zero attached hydrogens (tertiary/aromatic N) is 1. The molecule has 1 N–H and O–H groups in total. The number of carbonyl (C=O) groups is 3. The maximum absolute atomic E-state index is 12.4. The molecule has 0 saturated heterocycles. The number of hydrogen-bond donors (Lipinski definition) is 1. The van der Waals surface area contributed by atoms with Crippen LogP contribution in [-0.2, 0) is 4.79 Å². The lowest BCUT2D eigenvalue weighted by molar-refractivity contribution is -0.118. The second kappa shape index (κ2) is 4.68. The first kappa shape index (κ1) is 13.0. The molecule has 0 fully saturated rings. The molecule has 1 aliphatic carbocycles. The fraction of sp³-hybridized carbons (Fsp3) is 0.214. The molecule has 0 atom stereocenters. The van der Waals surface area contributed by atoms with Crippen molar-refractivity contribution >= 4 is 17.5 Å². The van der Waals surface area contributed by atoms with Gasteiger partial charge >= 0.3 is 0 Å². The summed E-state index contributed by atoms with van der Waals surface area (Å²) in [4.78, 5) is 37.5. The van der Waals surface area contributed by atoms with Gasteiger partial charge in [-0.2, -0.15) is 0 Å². The van der Waals surface area contributed by atoms with Crippen molar-refractivity contribution in [2.24, 2.45) is 0 Å². The van der Waals surface area contributed by atoms with E-state index in [1.807, 2.05) is 0 Å². The number of rotatable bonds is 2. The van der Waals surface area contributed by atoms with Gasteiger partial charge in [-0.15, -0.1) is 0 Å². The highest BCUT2D eigenvalue weighted by Crippen LogP contribution is 2.25. The van der Waals surface area contributed by atoms with E-state index in [0.29, 0.717) is 11.1 Å². The van der Waals surface area contributed by atoms with Gasteiger partial charge < -0.3 is 10.2 Å². The Hall–Kier alpha value is -2.43. The molecule has 98 valence electrons. The largest absolute Gasteiger partial charge is 0.373 e. The predicted molar refractivity (Wildman–Crippen MR) is 69.6 cm³/mol. The van der Waals surface area contributed by atoms with Gasteiger partial charge in [0.05, 0.1) is 0 Å². The lowest BCUT2D eigenvalue weighted by atomic mass is 9.90. The minimum absolute atomic E-state index is 0.0428. The molecule has 0 unspecified atom stereocenters. The van der Waals surface area contributed by atoms with Crippen LogP contribution in [0.3, 0.4) is 0 Å². The standard InChI is InChI=1S/C14H14N2O3/c1-8(17)15-11-12(16(2)3)14(19)10-7-5-4-6-9(10)13(11)18/h4-7H,1-3H3,(H,15,17). The lowest BCUT2D eigenvalue weighted by Gasteiger charge is -2.25. The van der Waals surface area contributed by atoms with Crippen LogP contribution in [0.5, 0.6) is 0 Å². The molecule has 0 heterocycles. The highest BCUT2D eigenvalue weighted by molar-refractivity contribution is 6.27. The van der Waals surface area contributed by atoms with E-state index >= 15 is 0 Å². The van der Waals surface area contributed by atoms with Crippen LogP contribution in [0.25, 0.3) is 0 Å². The second-order valence-electron chi connectivity index (χ2n) is 4.50. The number of ketones is 2. The first-order valence-corrected chi connectivity index (χ1v) is 5.81. The number of benzene rings is 1. The Kier molecular flexibility index (Phi) is 3.21. The van der Waals surface area contributed by atoms with Crippen LogP contribution in [-0.4, -0.2) is 36.5 Å². The molecular weight excluding hydrogens is 244 g/mol. The Balaban J connectivity index is 2.65. The number of Topliss-reactive ketones (excluding diaryl/α,β-unsaturated/α-hetero) is 2. The summed E-state index contributed by atoms with van der Waals surface area (Å²) >= 11 is 0. The quantitative estimate of drug-likeness (QED) is 0.858. The molecule has 5 heteroatoms. The first-order valence-electron chi connectivity index (χ1n) is 5.81. The van der Waals surface area contributed by atoms with Crippen LogP contribution < -0.4 is 5.32 Å². The fourth-order valence-corrected chi connectivity index (χ4v) is 2.08. The Morgan fingerprint density at radius 1 is 1.05 bits per heavy atom. The van der Waals surface area contributed by atoms with Gasteiger partial charge in [-0.3, -0.25) is 14.4 Å². The van der Waals surface area contributed by atoms with Gasteiger partial charge in [0, 0.05) is 32.1 Å². The summed E-state index contributed by atoms with van der Waals surface area (Å²) in [5.41, 5.74) is 0.937. The summed E-state index contributed by atoms with van der Waals surface area (Å²) in [6.07, 6.45) is 0. The number of fused-ring (bicyclic) bond motifs is 1. The predicted octanol–water partition coefficient (Wildman–Crippen LogP) is 0.975. The first-order chi connectivity index (χ1) is 8.93. The molecule has 19 heavy (non-hydrogen) atoms. The third-order valence-corrected chi connectivity index (χ3v) is 2.84. The van der Waals surface area contributed by atoms with E-state index in [-0.39, 0.29) is 28.9 Å². The summed E-state index contributed by atoms with van der Waals surface area (Å²) < 4.78 is 0. The van der Waals surface area contributed by atoms with Crippen LogP contribution in [0, 0.1) is 0 Å². The molecule has 0 spiro atoms. The van der Waals surface area contributed by atoms with Crippen molar-refractivity contribution in [3.63, 3.8) is 0 Å². The van der Waals surface area contributed by atoms with Crippen molar-refractivity contribution < 1.29 is 14.4 Å². The molecule has 0 saturated carbocycles. The van der Waals surface area contributed by atoms with E-state index in [2.05, 4.69) is 5.32 Å². The zero-order valence-corrected chi connectivity index (χ0v) is 11.0. The summed E-state index contributed by atoms with van der Waals surface area (Å²) in [6.45, 7) is 1.30. The van der Waals surface area contributed by atoms with E-state index in [0.717, 1.165) is 0 Å². The number of amides is 1. The average molecular weight is 258 g/mol. The minimum atomic E-state index is -0.380. The fourth-order valence-electron chi connectivity index (χ4n) is 2.08. The van der Waals surface area contributed by atoms with Gasteiger partial charge in [0.15, 0.2) is 0 Å². The van der Waals surface area contributed by atoms with Crippen molar-refractivity contribution in [3.05, 3.63) is 46.8 Å². The van der Waals surface area contributed by atoms with Crippen LogP contribution in [0.15, 0.2) is 35.7 Å². The Bertz CT molecular complexity index is 615. The van der Waals surface area contributed by atoms with Crippen molar-refractivity contribution in [1.82, 2.24) is 10.2 Å². The van der Waals surface area contributed by atoms with Gasteiger partial charge in [-0.05, 0) is 0 Å².